The molecule has 0 unspecified atom stereocenters. The third-order valence-electron chi connectivity index (χ3n) is 2.37. The van der Waals surface area contributed by atoms with Crippen molar-refractivity contribution in [2.45, 2.75) is 27.2 Å². The summed E-state index contributed by atoms with van der Waals surface area (Å²) in [6.45, 7) is 6.06. The van der Waals surface area contributed by atoms with Gasteiger partial charge in [-0.15, -0.1) is 11.3 Å². The summed E-state index contributed by atoms with van der Waals surface area (Å²) in [4.78, 5) is 16.0. The van der Waals surface area contributed by atoms with Crippen LogP contribution in [0.25, 0.3) is 10.2 Å². The van der Waals surface area contributed by atoms with E-state index >= 15 is 0 Å². The Labute approximate surface area is 105 Å². The molecule has 2 rings (SSSR count). The predicted molar refractivity (Wildman–Crippen MR) is 72.4 cm³/mol. The first-order valence-corrected chi connectivity index (χ1v) is 6.53. The molecule has 1 amide bonds. The van der Waals surface area contributed by atoms with E-state index in [0.29, 0.717) is 12.3 Å². The third kappa shape index (κ3) is 3.03. The molecule has 3 nitrogen and oxygen atoms in total. The Morgan fingerprint density at radius 2 is 2.24 bits per heavy atom. The second-order valence-electron chi connectivity index (χ2n) is 4.56. The van der Waals surface area contributed by atoms with Gasteiger partial charge in [0.25, 0.3) is 0 Å². The second-order valence-corrected chi connectivity index (χ2v) is 5.80. The fourth-order valence-corrected chi connectivity index (χ4v) is 2.57. The molecule has 0 atom stereocenters. The quantitative estimate of drug-likeness (QED) is 0.902. The van der Waals surface area contributed by atoms with Crippen molar-refractivity contribution in [2.75, 3.05) is 5.32 Å². The molecule has 0 fully saturated rings. The molecular formula is C13H16N2OS. The fraction of sp³-hybridized carbons (Fsp3) is 0.385. The zero-order chi connectivity index (χ0) is 12.4. The van der Waals surface area contributed by atoms with Gasteiger partial charge < -0.3 is 5.32 Å². The van der Waals surface area contributed by atoms with Crippen LogP contribution in [0.1, 0.15) is 25.3 Å². The maximum Gasteiger partial charge on any atom is 0.224 e. The molecule has 0 aliphatic rings. The molecule has 0 aliphatic heterocycles. The highest BCUT2D eigenvalue weighted by Crippen LogP contribution is 2.24. The summed E-state index contributed by atoms with van der Waals surface area (Å²) in [6, 6.07) is 5.84. The number of aromatic nitrogens is 1. The number of carbonyl (C=O) groups is 1. The lowest BCUT2D eigenvalue weighted by Crippen LogP contribution is -2.13. The van der Waals surface area contributed by atoms with Crippen LogP contribution in [0.2, 0.25) is 0 Å². The number of fused-ring (bicyclic) bond motifs is 1. The van der Waals surface area contributed by atoms with E-state index < -0.39 is 0 Å². The highest BCUT2D eigenvalue weighted by atomic mass is 32.1. The zero-order valence-corrected chi connectivity index (χ0v) is 11.1. The maximum atomic E-state index is 11.6. The Balaban J connectivity index is 2.16. The molecule has 0 saturated carbocycles. The smallest absolute Gasteiger partial charge is 0.224 e. The lowest BCUT2D eigenvalue weighted by molar-refractivity contribution is -0.116. The number of hydrogen-bond acceptors (Lipinski definition) is 3. The van der Waals surface area contributed by atoms with Gasteiger partial charge in [-0.05, 0) is 31.0 Å². The predicted octanol–water partition coefficient (Wildman–Crippen LogP) is 3.59. The van der Waals surface area contributed by atoms with Crippen molar-refractivity contribution in [3.63, 3.8) is 0 Å². The molecule has 1 aromatic heterocycles. The van der Waals surface area contributed by atoms with Crippen LogP contribution in [0.3, 0.4) is 0 Å². The first-order valence-electron chi connectivity index (χ1n) is 5.71. The van der Waals surface area contributed by atoms with Gasteiger partial charge in [0, 0.05) is 12.1 Å². The lowest BCUT2D eigenvalue weighted by Gasteiger charge is -2.06. The molecular weight excluding hydrogens is 232 g/mol. The molecule has 0 spiro atoms. The summed E-state index contributed by atoms with van der Waals surface area (Å²) in [6.07, 6.45) is 0.555. The van der Waals surface area contributed by atoms with Crippen molar-refractivity contribution < 1.29 is 4.79 Å². The number of benzene rings is 1. The third-order valence-corrected chi connectivity index (χ3v) is 3.31. The van der Waals surface area contributed by atoms with Gasteiger partial charge in [0.2, 0.25) is 5.91 Å². The van der Waals surface area contributed by atoms with Gasteiger partial charge in [-0.25, -0.2) is 4.98 Å². The Hall–Kier alpha value is -1.42. The van der Waals surface area contributed by atoms with Crippen molar-refractivity contribution in [3.05, 3.63) is 23.2 Å². The van der Waals surface area contributed by atoms with E-state index in [-0.39, 0.29) is 5.91 Å². The van der Waals surface area contributed by atoms with E-state index in [4.69, 9.17) is 0 Å². The molecule has 1 heterocycles. The summed E-state index contributed by atoms with van der Waals surface area (Å²) in [5, 5.41) is 3.96. The van der Waals surface area contributed by atoms with Gasteiger partial charge in [-0.3, -0.25) is 4.79 Å². The first-order chi connectivity index (χ1) is 8.04. The van der Waals surface area contributed by atoms with E-state index in [1.165, 1.54) is 0 Å². The van der Waals surface area contributed by atoms with Crippen LogP contribution >= 0.6 is 11.3 Å². The van der Waals surface area contributed by atoms with Crippen molar-refractivity contribution in [2.24, 2.45) is 5.92 Å². The van der Waals surface area contributed by atoms with Crippen molar-refractivity contribution >= 4 is 33.1 Å². The molecule has 0 aliphatic carbocycles. The number of amides is 1. The molecule has 17 heavy (non-hydrogen) atoms. The Morgan fingerprint density at radius 1 is 1.47 bits per heavy atom. The Bertz CT molecular complexity index is 545. The van der Waals surface area contributed by atoms with E-state index in [9.17, 15) is 4.79 Å². The SMILES string of the molecule is Cc1nc2ccc(NC(=O)CC(C)C)cc2s1. The molecule has 2 aromatic rings. The molecule has 1 N–H and O–H groups in total. The van der Waals surface area contributed by atoms with Crippen LogP contribution in [-0.4, -0.2) is 10.9 Å². The van der Waals surface area contributed by atoms with Crippen LogP contribution in [0, 0.1) is 12.8 Å². The standard InChI is InChI=1S/C13H16N2OS/c1-8(2)6-13(16)15-10-4-5-11-12(7-10)17-9(3)14-11/h4-5,7-8H,6H2,1-3H3,(H,15,16). The number of nitrogens with zero attached hydrogens (tertiary/aromatic N) is 1. The highest BCUT2D eigenvalue weighted by Gasteiger charge is 2.06. The van der Waals surface area contributed by atoms with Crippen molar-refractivity contribution in [1.82, 2.24) is 4.98 Å². The van der Waals surface area contributed by atoms with E-state index in [1.807, 2.05) is 39.0 Å². The van der Waals surface area contributed by atoms with Gasteiger partial charge in [0.05, 0.1) is 15.2 Å². The van der Waals surface area contributed by atoms with Crippen LogP contribution in [0.5, 0.6) is 0 Å². The number of aryl methyl sites for hydroxylation is 1. The van der Waals surface area contributed by atoms with Gasteiger partial charge in [0.1, 0.15) is 0 Å². The highest BCUT2D eigenvalue weighted by molar-refractivity contribution is 7.18. The summed E-state index contributed by atoms with van der Waals surface area (Å²) in [5.41, 5.74) is 1.85. The van der Waals surface area contributed by atoms with Crippen LogP contribution in [0.15, 0.2) is 18.2 Å². The summed E-state index contributed by atoms with van der Waals surface area (Å²) >= 11 is 1.64. The number of thiazole rings is 1. The Kier molecular flexibility index (Phi) is 3.43. The number of rotatable bonds is 3. The normalized spacial score (nSPS) is 11.1. The minimum atomic E-state index is 0.0700. The van der Waals surface area contributed by atoms with Gasteiger partial charge in [0.15, 0.2) is 0 Å². The van der Waals surface area contributed by atoms with Crippen LogP contribution in [0.4, 0.5) is 5.69 Å². The average Bonchev–Trinajstić information content (AvgIpc) is 2.55. The van der Waals surface area contributed by atoms with Crippen molar-refractivity contribution in [3.8, 4) is 0 Å². The first kappa shape index (κ1) is 12.0. The molecule has 4 heteroatoms. The van der Waals surface area contributed by atoms with Crippen LogP contribution in [-0.2, 0) is 4.79 Å². The van der Waals surface area contributed by atoms with Gasteiger partial charge in [-0.2, -0.15) is 0 Å². The lowest BCUT2D eigenvalue weighted by atomic mass is 10.1. The minimum Gasteiger partial charge on any atom is -0.326 e. The molecule has 0 bridgehead atoms. The number of hydrogen-bond donors (Lipinski definition) is 1. The molecule has 0 radical (unpaired) electrons. The largest absolute Gasteiger partial charge is 0.326 e. The molecule has 0 saturated heterocycles. The van der Waals surface area contributed by atoms with E-state index in [0.717, 1.165) is 20.9 Å². The van der Waals surface area contributed by atoms with Gasteiger partial charge >= 0.3 is 0 Å². The number of anilines is 1. The number of nitrogens with one attached hydrogen (secondary N) is 1. The van der Waals surface area contributed by atoms with Crippen LogP contribution < -0.4 is 5.32 Å². The zero-order valence-electron chi connectivity index (χ0n) is 10.3. The minimum absolute atomic E-state index is 0.0700. The topological polar surface area (TPSA) is 42.0 Å². The van der Waals surface area contributed by atoms with Crippen molar-refractivity contribution in [1.29, 1.82) is 0 Å². The van der Waals surface area contributed by atoms with E-state index in [2.05, 4.69) is 10.3 Å². The summed E-state index contributed by atoms with van der Waals surface area (Å²) in [7, 11) is 0. The Morgan fingerprint density at radius 3 is 2.94 bits per heavy atom. The molecule has 1 aromatic carbocycles. The fourth-order valence-electron chi connectivity index (χ4n) is 1.70. The number of carbonyl (C=O) groups excluding carboxylic acids is 1. The summed E-state index contributed by atoms with van der Waals surface area (Å²) in [5.74, 6) is 0.449. The van der Waals surface area contributed by atoms with Gasteiger partial charge in [-0.1, -0.05) is 13.8 Å². The molecule has 90 valence electrons. The van der Waals surface area contributed by atoms with E-state index in [1.54, 1.807) is 11.3 Å². The average molecular weight is 248 g/mol. The summed E-state index contributed by atoms with van der Waals surface area (Å²) < 4.78 is 1.12. The second kappa shape index (κ2) is 4.84. The monoisotopic (exact) mass is 248 g/mol. The maximum absolute atomic E-state index is 11.6.